The fraction of sp³-hybridized carbons (Fsp3) is 0.500. The highest BCUT2D eigenvalue weighted by Crippen LogP contribution is 2.19. The smallest absolute Gasteiger partial charge is 0.410 e. The van der Waals surface area contributed by atoms with E-state index in [-0.39, 0.29) is 12.1 Å². The number of nitrogens with zero attached hydrogens (tertiary/aromatic N) is 4. The van der Waals surface area contributed by atoms with Crippen LogP contribution in [0.2, 0.25) is 5.15 Å². The number of carbonyl (C=O) groups is 1. The summed E-state index contributed by atoms with van der Waals surface area (Å²) in [7, 11) is 0. The zero-order valence-electron chi connectivity index (χ0n) is 18.1. The number of anilines is 1. The number of nitrogens with one attached hydrogen (secondary N) is 1. The molecule has 8 heteroatoms. The van der Waals surface area contributed by atoms with Gasteiger partial charge >= 0.3 is 6.09 Å². The standard InChI is InChI=1S/C22H30ClN5O2/c1-16(25-20-24-10-9-19(23)26-20)18-7-5-17(6-8-18)15-27-11-13-28(14-12-27)21(29)30-22(2,3)4/h5-10,16H,11-15H2,1-4H3,(H,24,25,26). The number of carbonyl (C=O) groups excluding carboxylic acids is 1. The summed E-state index contributed by atoms with van der Waals surface area (Å²) < 4.78 is 5.46. The van der Waals surface area contributed by atoms with Gasteiger partial charge in [0.2, 0.25) is 5.95 Å². The molecule has 1 aliphatic heterocycles. The molecule has 1 atom stereocenters. The largest absolute Gasteiger partial charge is 0.444 e. The molecular weight excluding hydrogens is 402 g/mol. The molecule has 30 heavy (non-hydrogen) atoms. The van der Waals surface area contributed by atoms with Gasteiger partial charge in [-0.15, -0.1) is 0 Å². The summed E-state index contributed by atoms with van der Waals surface area (Å²) in [6.45, 7) is 11.7. The van der Waals surface area contributed by atoms with Crippen LogP contribution in [0.3, 0.4) is 0 Å². The van der Waals surface area contributed by atoms with Crippen molar-refractivity contribution < 1.29 is 9.53 Å². The Hall–Kier alpha value is -2.38. The molecule has 1 amide bonds. The molecule has 2 aromatic rings. The van der Waals surface area contributed by atoms with Crippen LogP contribution in [0.4, 0.5) is 10.7 Å². The quantitative estimate of drug-likeness (QED) is 0.709. The van der Waals surface area contributed by atoms with E-state index in [9.17, 15) is 4.79 Å². The van der Waals surface area contributed by atoms with Crippen LogP contribution in [0, 0.1) is 0 Å². The molecule has 1 saturated heterocycles. The average Bonchev–Trinajstić information content (AvgIpc) is 2.68. The van der Waals surface area contributed by atoms with Gasteiger partial charge in [-0.25, -0.2) is 14.8 Å². The second-order valence-electron chi connectivity index (χ2n) is 8.55. The lowest BCUT2D eigenvalue weighted by atomic mass is 10.1. The molecule has 2 heterocycles. The molecule has 1 fully saturated rings. The Bertz CT molecular complexity index is 845. The molecule has 0 radical (unpaired) electrons. The van der Waals surface area contributed by atoms with Crippen LogP contribution < -0.4 is 5.32 Å². The summed E-state index contributed by atoms with van der Waals surface area (Å²) in [6.07, 6.45) is 1.41. The monoisotopic (exact) mass is 431 g/mol. The number of piperazine rings is 1. The lowest BCUT2D eigenvalue weighted by molar-refractivity contribution is 0.0139. The third-order valence-electron chi connectivity index (χ3n) is 4.88. The van der Waals surface area contributed by atoms with Gasteiger partial charge in [-0.3, -0.25) is 4.90 Å². The second kappa shape index (κ2) is 9.62. The maximum Gasteiger partial charge on any atom is 0.410 e. The van der Waals surface area contributed by atoms with E-state index in [2.05, 4.69) is 51.4 Å². The minimum absolute atomic E-state index is 0.0647. The van der Waals surface area contributed by atoms with Gasteiger partial charge in [0.05, 0.1) is 6.04 Å². The first-order valence-corrected chi connectivity index (χ1v) is 10.6. The third-order valence-corrected chi connectivity index (χ3v) is 5.09. The van der Waals surface area contributed by atoms with E-state index < -0.39 is 5.60 Å². The number of hydrogen-bond donors (Lipinski definition) is 1. The minimum Gasteiger partial charge on any atom is -0.444 e. The zero-order chi connectivity index (χ0) is 21.7. The van der Waals surface area contributed by atoms with Gasteiger partial charge in [0.1, 0.15) is 10.8 Å². The number of rotatable bonds is 5. The van der Waals surface area contributed by atoms with E-state index in [1.54, 1.807) is 17.2 Å². The van der Waals surface area contributed by atoms with Crippen molar-refractivity contribution in [3.8, 4) is 0 Å². The lowest BCUT2D eigenvalue weighted by Gasteiger charge is -2.35. The van der Waals surface area contributed by atoms with Crippen molar-refractivity contribution in [3.05, 3.63) is 52.8 Å². The summed E-state index contributed by atoms with van der Waals surface area (Å²) in [5, 5.41) is 3.68. The van der Waals surface area contributed by atoms with Gasteiger partial charge in [0.15, 0.2) is 0 Å². The Labute approximate surface area is 183 Å². The van der Waals surface area contributed by atoms with Gasteiger partial charge < -0.3 is 15.0 Å². The van der Waals surface area contributed by atoms with E-state index in [4.69, 9.17) is 16.3 Å². The summed E-state index contributed by atoms with van der Waals surface area (Å²) >= 11 is 5.92. The number of benzene rings is 1. The van der Waals surface area contributed by atoms with Crippen molar-refractivity contribution >= 4 is 23.6 Å². The van der Waals surface area contributed by atoms with Crippen molar-refractivity contribution in [2.75, 3.05) is 31.5 Å². The molecular formula is C22H30ClN5O2. The van der Waals surface area contributed by atoms with Crippen molar-refractivity contribution in [1.29, 1.82) is 0 Å². The highest BCUT2D eigenvalue weighted by atomic mass is 35.5. The molecule has 0 aliphatic carbocycles. The molecule has 1 N–H and O–H groups in total. The fourth-order valence-corrected chi connectivity index (χ4v) is 3.40. The van der Waals surface area contributed by atoms with E-state index in [1.807, 2.05) is 20.8 Å². The molecule has 3 rings (SSSR count). The average molecular weight is 432 g/mol. The van der Waals surface area contributed by atoms with E-state index >= 15 is 0 Å². The van der Waals surface area contributed by atoms with Crippen LogP contribution >= 0.6 is 11.6 Å². The number of amides is 1. The van der Waals surface area contributed by atoms with Crippen molar-refractivity contribution in [1.82, 2.24) is 19.8 Å². The minimum atomic E-state index is -0.457. The van der Waals surface area contributed by atoms with Crippen molar-refractivity contribution in [2.24, 2.45) is 0 Å². The summed E-state index contributed by atoms with van der Waals surface area (Å²) in [5.41, 5.74) is 1.94. The van der Waals surface area contributed by atoms with Crippen LogP contribution in [0.1, 0.15) is 44.9 Å². The van der Waals surface area contributed by atoms with Crippen molar-refractivity contribution in [2.45, 2.75) is 45.9 Å². The molecule has 1 aliphatic rings. The highest BCUT2D eigenvalue weighted by Gasteiger charge is 2.25. The van der Waals surface area contributed by atoms with Crippen LogP contribution in [-0.2, 0) is 11.3 Å². The van der Waals surface area contributed by atoms with Crippen LogP contribution in [0.15, 0.2) is 36.5 Å². The molecule has 162 valence electrons. The lowest BCUT2D eigenvalue weighted by Crippen LogP contribution is -2.49. The first-order valence-electron chi connectivity index (χ1n) is 10.2. The molecule has 1 aromatic carbocycles. The predicted octanol–water partition coefficient (Wildman–Crippen LogP) is 4.36. The van der Waals surface area contributed by atoms with E-state index in [0.717, 1.165) is 25.2 Å². The summed E-state index contributed by atoms with van der Waals surface area (Å²) in [6, 6.07) is 10.2. The van der Waals surface area contributed by atoms with Gasteiger partial charge in [-0.1, -0.05) is 35.9 Å². The number of halogens is 1. The predicted molar refractivity (Wildman–Crippen MR) is 119 cm³/mol. The van der Waals surface area contributed by atoms with Crippen LogP contribution in [0.5, 0.6) is 0 Å². The first-order chi connectivity index (χ1) is 14.2. The van der Waals surface area contributed by atoms with Gasteiger partial charge in [0, 0.05) is 38.9 Å². The summed E-state index contributed by atoms with van der Waals surface area (Å²) in [5.74, 6) is 0.516. The Morgan fingerprint density at radius 1 is 1.17 bits per heavy atom. The Kier molecular flexibility index (Phi) is 7.15. The first kappa shape index (κ1) is 22.3. The summed E-state index contributed by atoms with van der Waals surface area (Å²) in [4.78, 5) is 24.7. The Morgan fingerprint density at radius 3 is 2.43 bits per heavy atom. The van der Waals surface area contributed by atoms with Gasteiger partial charge in [-0.2, -0.15) is 0 Å². The molecule has 0 saturated carbocycles. The normalized spacial score (nSPS) is 16.2. The molecule has 0 spiro atoms. The van der Waals surface area contributed by atoms with E-state index in [1.165, 1.54) is 5.56 Å². The van der Waals surface area contributed by atoms with Gasteiger partial charge in [0.25, 0.3) is 0 Å². The van der Waals surface area contributed by atoms with Crippen LogP contribution in [-0.4, -0.2) is 57.6 Å². The molecule has 0 bridgehead atoms. The van der Waals surface area contributed by atoms with Gasteiger partial charge in [-0.05, 0) is 44.9 Å². The number of aromatic nitrogens is 2. The maximum absolute atomic E-state index is 12.2. The number of ether oxygens (including phenoxy) is 1. The Morgan fingerprint density at radius 2 is 1.83 bits per heavy atom. The SMILES string of the molecule is CC(Nc1nccc(Cl)n1)c1ccc(CN2CCN(C(=O)OC(C)(C)C)CC2)cc1. The van der Waals surface area contributed by atoms with E-state index in [0.29, 0.717) is 24.2 Å². The topological polar surface area (TPSA) is 70.6 Å². The second-order valence-corrected chi connectivity index (χ2v) is 8.94. The molecule has 1 aromatic heterocycles. The highest BCUT2D eigenvalue weighted by molar-refractivity contribution is 6.29. The maximum atomic E-state index is 12.2. The Balaban J connectivity index is 1.48. The zero-order valence-corrected chi connectivity index (χ0v) is 18.8. The molecule has 1 unspecified atom stereocenters. The molecule has 7 nitrogen and oxygen atoms in total. The fourth-order valence-electron chi connectivity index (χ4n) is 3.27. The van der Waals surface area contributed by atoms with Crippen molar-refractivity contribution in [3.63, 3.8) is 0 Å². The third kappa shape index (κ3) is 6.57. The number of hydrogen-bond acceptors (Lipinski definition) is 6. The van der Waals surface area contributed by atoms with Crippen LogP contribution in [0.25, 0.3) is 0 Å².